The van der Waals surface area contributed by atoms with Gasteiger partial charge in [0.1, 0.15) is 5.75 Å². The Bertz CT molecular complexity index is 525. The Labute approximate surface area is 92.3 Å². The van der Waals surface area contributed by atoms with Gasteiger partial charge in [0, 0.05) is 10.8 Å². The molecular formula is C11H10ClNO2. The molecule has 0 unspecified atom stereocenters. The van der Waals surface area contributed by atoms with Crippen molar-refractivity contribution < 1.29 is 9.84 Å². The standard InChI is InChI=1S/C11H10ClNO2/c1-6-10(12)8-4-3-7(14)5-9(8)11(13-6)15-2/h3-5,14H,1-2H3. The number of aromatic hydroxyl groups is 1. The molecule has 0 aliphatic carbocycles. The number of rotatable bonds is 1. The molecular weight excluding hydrogens is 214 g/mol. The molecule has 0 saturated carbocycles. The van der Waals surface area contributed by atoms with Crippen LogP contribution in [-0.2, 0) is 0 Å². The van der Waals surface area contributed by atoms with Crippen molar-refractivity contribution in [1.29, 1.82) is 0 Å². The lowest BCUT2D eigenvalue weighted by atomic mass is 10.1. The summed E-state index contributed by atoms with van der Waals surface area (Å²) >= 11 is 6.11. The SMILES string of the molecule is COc1nc(C)c(Cl)c2ccc(O)cc12. The average Bonchev–Trinajstić information content (AvgIpc) is 2.23. The smallest absolute Gasteiger partial charge is 0.221 e. The first-order valence-electron chi connectivity index (χ1n) is 4.46. The first-order valence-corrected chi connectivity index (χ1v) is 4.84. The lowest BCUT2D eigenvalue weighted by Gasteiger charge is -2.08. The monoisotopic (exact) mass is 223 g/mol. The molecule has 0 fully saturated rings. The Hall–Kier alpha value is -1.48. The Balaban J connectivity index is 2.90. The quantitative estimate of drug-likeness (QED) is 0.808. The van der Waals surface area contributed by atoms with Gasteiger partial charge in [-0.15, -0.1) is 0 Å². The van der Waals surface area contributed by atoms with E-state index in [4.69, 9.17) is 16.3 Å². The molecule has 0 bridgehead atoms. The molecule has 1 aromatic carbocycles. The summed E-state index contributed by atoms with van der Waals surface area (Å²) in [7, 11) is 1.54. The van der Waals surface area contributed by atoms with E-state index in [1.165, 1.54) is 0 Å². The van der Waals surface area contributed by atoms with Crippen LogP contribution in [0.1, 0.15) is 5.69 Å². The normalized spacial score (nSPS) is 10.6. The van der Waals surface area contributed by atoms with Gasteiger partial charge in [0.05, 0.1) is 17.8 Å². The van der Waals surface area contributed by atoms with Crippen LogP contribution in [0.5, 0.6) is 11.6 Å². The van der Waals surface area contributed by atoms with Crippen molar-refractivity contribution >= 4 is 22.4 Å². The number of benzene rings is 1. The number of fused-ring (bicyclic) bond motifs is 1. The highest BCUT2D eigenvalue weighted by Gasteiger charge is 2.10. The van der Waals surface area contributed by atoms with Crippen molar-refractivity contribution in [2.75, 3.05) is 7.11 Å². The van der Waals surface area contributed by atoms with E-state index in [0.29, 0.717) is 22.0 Å². The first kappa shape index (κ1) is 10.1. The molecule has 1 N–H and O–H groups in total. The Morgan fingerprint density at radius 3 is 2.73 bits per heavy atom. The lowest BCUT2D eigenvalue weighted by molar-refractivity contribution is 0.402. The second-order valence-corrected chi connectivity index (χ2v) is 3.63. The van der Waals surface area contributed by atoms with Gasteiger partial charge >= 0.3 is 0 Å². The van der Waals surface area contributed by atoms with Gasteiger partial charge in [-0.1, -0.05) is 11.6 Å². The van der Waals surface area contributed by atoms with Gasteiger partial charge in [0.15, 0.2) is 0 Å². The van der Waals surface area contributed by atoms with E-state index in [2.05, 4.69) is 4.98 Å². The Morgan fingerprint density at radius 2 is 2.07 bits per heavy atom. The van der Waals surface area contributed by atoms with E-state index in [1.807, 2.05) is 6.92 Å². The van der Waals surface area contributed by atoms with Crippen molar-refractivity contribution in [1.82, 2.24) is 4.98 Å². The highest BCUT2D eigenvalue weighted by atomic mass is 35.5. The van der Waals surface area contributed by atoms with Crippen LogP contribution in [0, 0.1) is 6.92 Å². The van der Waals surface area contributed by atoms with Crippen LogP contribution in [0.2, 0.25) is 5.02 Å². The highest BCUT2D eigenvalue weighted by Crippen LogP contribution is 2.33. The van der Waals surface area contributed by atoms with Crippen LogP contribution in [0.3, 0.4) is 0 Å². The maximum atomic E-state index is 9.38. The zero-order valence-corrected chi connectivity index (χ0v) is 9.17. The number of hydrogen-bond donors (Lipinski definition) is 1. The maximum Gasteiger partial charge on any atom is 0.221 e. The number of hydrogen-bond acceptors (Lipinski definition) is 3. The van der Waals surface area contributed by atoms with Gasteiger partial charge in [-0.3, -0.25) is 0 Å². The fraction of sp³-hybridized carbons (Fsp3) is 0.182. The van der Waals surface area contributed by atoms with Gasteiger partial charge in [-0.2, -0.15) is 0 Å². The van der Waals surface area contributed by atoms with Crippen molar-refractivity contribution in [2.45, 2.75) is 6.92 Å². The molecule has 15 heavy (non-hydrogen) atoms. The fourth-order valence-electron chi connectivity index (χ4n) is 1.51. The van der Waals surface area contributed by atoms with E-state index < -0.39 is 0 Å². The van der Waals surface area contributed by atoms with Crippen molar-refractivity contribution in [3.05, 3.63) is 28.9 Å². The second kappa shape index (κ2) is 3.59. The molecule has 0 amide bonds. The topological polar surface area (TPSA) is 42.4 Å². The number of pyridine rings is 1. The van der Waals surface area contributed by atoms with Gasteiger partial charge in [0.25, 0.3) is 0 Å². The van der Waals surface area contributed by atoms with Gasteiger partial charge in [-0.05, 0) is 25.1 Å². The predicted octanol–water partition coefficient (Wildman–Crippen LogP) is 2.91. The average molecular weight is 224 g/mol. The Kier molecular flexibility index (Phi) is 2.40. The Morgan fingerprint density at radius 1 is 1.33 bits per heavy atom. The minimum Gasteiger partial charge on any atom is -0.508 e. The third kappa shape index (κ3) is 1.59. The van der Waals surface area contributed by atoms with Gasteiger partial charge in [0.2, 0.25) is 5.88 Å². The van der Waals surface area contributed by atoms with Gasteiger partial charge in [-0.25, -0.2) is 4.98 Å². The van der Waals surface area contributed by atoms with Crippen LogP contribution < -0.4 is 4.74 Å². The second-order valence-electron chi connectivity index (χ2n) is 3.25. The summed E-state index contributed by atoms with van der Waals surface area (Å²) in [6, 6.07) is 4.93. The lowest BCUT2D eigenvalue weighted by Crippen LogP contribution is -1.93. The number of aromatic nitrogens is 1. The first-order chi connectivity index (χ1) is 7.13. The zero-order chi connectivity index (χ0) is 11.0. The summed E-state index contributed by atoms with van der Waals surface area (Å²) < 4.78 is 5.14. The van der Waals surface area contributed by atoms with E-state index in [9.17, 15) is 5.11 Å². The van der Waals surface area contributed by atoms with Crippen LogP contribution in [-0.4, -0.2) is 17.2 Å². The minimum atomic E-state index is 0.169. The van der Waals surface area contributed by atoms with E-state index in [0.717, 1.165) is 5.39 Å². The van der Waals surface area contributed by atoms with Crippen LogP contribution in [0.25, 0.3) is 10.8 Å². The third-order valence-electron chi connectivity index (χ3n) is 2.25. The number of nitrogens with zero attached hydrogens (tertiary/aromatic N) is 1. The molecule has 0 saturated heterocycles. The van der Waals surface area contributed by atoms with E-state index in [-0.39, 0.29) is 5.75 Å². The number of halogens is 1. The number of phenols is 1. The van der Waals surface area contributed by atoms with Crippen molar-refractivity contribution in [2.24, 2.45) is 0 Å². The minimum absolute atomic E-state index is 0.169. The van der Waals surface area contributed by atoms with Gasteiger partial charge < -0.3 is 9.84 Å². The fourth-order valence-corrected chi connectivity index (χ4v) is 1.72. The molecule has 0 aliphatic rings. The number of ether oxygens (including phenoxy) is 1. The molecule has 1 heterocycles. The summed E-state index contributed by atoms with van der Waals surface area (Å²) in [6.07, 6.45) is 0. The summed E-state index contributed by atoms with van der Waals surface area (Å²) in [4.78, 5) is 4.20. The molecule has 0 aliphatic heterocycles. The predicted molar refractivity (Wildman–Crippen MR) is 59.7 cm³/mol. The molecule has 2 rings (SSSR count). The molecule has 3 nitrogen and oxygen atoms in total. The van der Waals surface area contributed by atoms with Crippen LogP contribution >= 0.6 is 11.6 Å². The van der Waals surface area contributed by atoms with Crippen molar-refractivity contribution in [3.8, 4) is 11.6 Å². The summed E-state index contributed by atoms with van der Waals surface area (Å²) in [6.45, 7) is 1.82. The highest BCUT2D eigenvalue weighted by molar-refractivity contribution is 6.36. The number of aryl methyl sites for hydroxylation is 1. The van der Waals surface area contributed by atoms with Crippen LogP contribution in [0.4, 0.5) is 0 Å². The largest absolute Gasteiger partial charge is 0.508 e. The summed E-state index contributed by atoms with van der Waals surface area (Å²) in [5.74, 6) is 0.644. The number of methoxy groups -OCH3 is 1. The molecule has 0 atom stereocenters. The maximum absolute atomic E-state index is 9.38. The zero-order valence-electron chi connectivity index (χ0n) is 8.41. The molecule has 2 aromatic rings. The molecule has 4 heteroatoms. The molecule has 0 radical (unpaired) electrons. The summed E-state index contributed by atoms with van der Waals surface area (Å²) in [5, 5.41) is 11.5. The molecule has 1 aromatic heterocycles. The summed E-state index contributed by atoms with van der Waals surface area (Å²) in [5.41, 5.74) is 0.715. The number of phenolic OH excluding ortho intramolecular Hbond substituents is 1. The molecule has 0 spiro atoms. The van der Waals surface area contributed by atoms with E-state index >= 15 is 0 Å². The van der Waals surface area contributed by atoms with E-state index in [1.54, 1.807) is 25.3 Å². The third-order valence-corrected chi connectivity index (χ3v) is 2.73. The van der Waals surface area contributed by atoms with Crippen molar-refractivity contribution in [3.63, 3.8) is 0 Å². The van der Waals surface area contributed by atoms with Crippen LogP contribution in [0.15, 0.2) is 18.2 Å². The molecule has 78 valence electrons.